The van der Waals surface area contributed by atoms with E-state index in [2.05, 4.69) is 15.7 Å². The van der Waals surface area contributed by atoms with Gasteiger partial charge in [0.1, 0.15) is 5.82 Å². The molecule has 0 aliphatic heterocycles. The number of rotatable bonds is 9. The van der Waals surface area contributed by atoms with Crippen LogP contribution in [0.25, 0.3) is 0 Å². The zero-order valence-corrected chi connectivity index (χ0v) is 11.6. The molecule has 0 aliphatic rings. The van der Waals surface area contributed by atoms with E-state index in [4.69, 9.17) is 10.6 Å². The smallest absolute Gasteiger partial charge is 0.311 e. The standard InChI is InChI=1S/C11H20N6O3/c1-16(2)6-8-20-7-5-13-11-9(17(18)19)3-4-10(14-11)15-12/h3-4H,5-8,12H2,1-2H3,(H2,13,14,15). The minimum Gasteiger partial charge on any atom is -0.378 e. The highest BCUT2D eigenvalue weighted by molar-refractivity contribution is 5.59. The lowest BCUT2D eigenvalue weighted by Crippen LogP contribution is -2.20. The molecule has 0 fully saturated rings. The van der Waals surface area contributed by atoms with Gasteiger partial charge < -0.3 is 20.4 Å². The Morgan fingerprint density at radius 1 is 1.45 bits per heavy atom. The van der Waals surface area contributed by atoms with Crippen LogP contribution in [0, 0.1) is 10.1 Å². The minimum absolute atomic E-state index is 0.0997. The summed E-state index contributed by atoms with van der Waals surface area (Å²) in [5, 5.41) is 13.7. The van der Waals surface area contributed by atoms with Crippen LogP contribution < -0.4 is 16.6 Å². The largest absolute Gasteiger partial charge is 0.378 e. The lowest BCUT2D eigenvalue weighted by molar-refractivity contribution is -0.384. The number of hydrogen-bond donors (Lipinski definition) is 3. The third-order valence-corrected chi connectivity index (χ3v) is 2.44. The Morgan fingerprint density at radius 2 is 2.20 bits per heavy atom. The minimum atomic E-state index is -0.497. The lowest BCUT2D eigenvalue weighted by Gasteiger charge is -2.11. The molecule has 0 atom stereocenters. The van der Waals surface area contributed by atoms with E-state index in [1.165, 1.54) is 12.1 Å². The normalized spacial score (nSPS) is 10.6. The molecule has 20 heavy (non-hydrogen) atoms. The molecule has 0 aromatic carbocycles. The Kier molecular flexibility index (Phi) is 6.64. The summed E-state index contributed by atoms with van der Waals surface area (Å²) >= 11 is 0. The van der Waals surface area contributed by atoms with Crippen molar-refractivity contribution in [1.82, 2.24) is 9.88 Å². The van der Waals surface area contributed by atoms with E-state index < -0.39 is 4.92 Å². The molecule has 0 amide bonds. The highest BCUT2D eigenvalue weighted by Gasteiger charge is 2.15. The van der Waals surface area contributed by atoms with E-state index in [1.54, 1.807) is 0 Å². The first-order valence-corrected chi connectivity index (χ1v) is 6.13. The predicted octanol–water partition coefficient (Wildman–Crippen LogP) is 0.266. The van der Waals surface area contributed by atoms with Crippen LogP contribution in [0.2, 0.25) is 0 Å². The van der Waals surface area contributed by atoms with Crippen LogP contribution in [0.4, 0.5) is 17.3 Å². The fraction of sp³-hybridized carbons (Fsp3) is 0.545. The van der Waals surface area contributed by atoms with Crippen LogP contribution >= 0.6 is 0 Å². The number of anilines is 2. The van der Waals surface area contributed by atoms with Gasteiger partial charge in [-0.15, -0.1) is 0 Å². The van der Waals surface area contributed by atoms with Crippen LogP contribution in [-0.2, 0) is 4.74 Å². The second-order valence-electron chi connectivity index (χ2n) is 4.31. The zero-order chi connectivity index (χ0) is 15.0. The average Bonchev–Trinajstić information content (AvgIpc) is 2.41. The Morgan fingerprint density at radius 3 is 2.80 bits per heavy atom. The summed E-state index contributed by atoms with van der Waals surface area (Å²) in [5.74, 6) is 5.75. The molecule has 0 aliphatic carbocycles. The SMILES string of the molecule is CN(C)CCOCCNc1nc(NN)ccc1[N+](=O)[O-]. The van der Waals surface area contributed by atoms with Crippen molar-refractivity contribution in [2.45, 2.75) is 0 Å². The zero-order valence-electron chi connectivity index (χ0n) is 11.6. The Labute approximate surface area is 117 Å². The van der Waals surface area contributed by atoms with Crippen molar-refractivity contribution >= 4 is 17.3 Å². The summed E-state index contributed by atoms with van der Waals surface area (Å²) in [5.41, 5.74) is 2.25. The third kappa shape index (κ3) is 5.34. The molecule has 0 spiro atoms. The van der Waals surface area contributed by atoms with Gasteiger partial charge in [-0.1, -0.05) is 0 Å². The number of nitrogens with two attached hydrogens (primary N) is 1. The first kappa shape index (κ1) is 16.1. The molecule has 9 nitrogen and oxygen atoms in total. The van der Waals surface area contributed by atoms with Crippen molar-refractivity contribution in [2.75, 3.05) is 51.1 Å². The van der Waals surface area contributed by atoms with E-state index >= 15 is 0 Å². The van der Waals surface area contributed by atoms with Gasteiger partial charge >= 0.3 is 5.69 Å². The second kappa shape index (κ2) is 8.25. The molecular formula is C11H20N6O3. The number of hydrazine groups is 1. The van der Waals surface area contributed by atoms with E-state index in [0.29, 0.717) is 25.6 Å². The van der Waals surface area contributed by atoms with Gasteiger partial charge in [-0.05, 0) is 20.2 Å². The highest BCUT2D eigenvalue weighted by Crippen LogP contribution is 2.23. The lowest BCUT2D eigenvalue weighted by atomic mass is 10.3. The molecule has 4 N–H and O–H groups in total. The molecule has 1 aromatic rings. The molecule has 112 valence electrons. The summed E-state index contributed by atoms with van der Waals surface area (Å²) < 4.78 is 5.38. The Bertz CT molecular complexity index is 440. The second-order valence-corrected chi connectivity index (χ2v) is 4.31. The van der Waals surface area contributed by atoms with Crippen molar-refractivity contribution in [3.8, 4) is 0 Å². The van der Waals surface area contributed by atoms with Gasteiger partial charge in [-0.25, -0.2) is 10.8 Å². The van der Waals surface area contributed by atoms with Crippen molar-refractivity contribution < 1.29 is 9.66 Å². The summed E-state index contributed by atoms with van der Waals surface area (Å²) in [6.07, 6.45) is 0. The summed E-state index contributed by atoms with van der Waals surface area (Å²) in [7, 11) is 3.92. The summed E-state index contributed by atoms with van der Waals surface area (Å²) in [4.78, 5) is 16.4. The van der Waals surface area contributed by atoms with Crippen molar-refractivity contribution in [3.05, 3.63) is 22.2 Å². The Balaban J connectivity index is 2.47. The van der Waals surface area contributed by atoms with Crippen LogP contribution in [0.15, 0.2) is 12.1 Å². The molecule has 0 radical (unpaired) electrons. The van der Waals surface area contributed by atoms with Crippen LogP contribution in [0.5, 0.6) is 0 Å². The molecule has 1 rings (SSSR count). The van der Waals surface area contributed by atoms with Crippen LogP contribution in [-0.4, -0.2) is 55.2 Å². The number of hydrogen-bond acceptors (Lipinski definition) is 8. The summed E-state index contributed by atoms with van der Waals surface area (Å²) in [6, 6.07) is 2.79. The average molecular weight is 284 g/mol. The number of nitrogens with zero attached hydrogens (tertiary/aromatic N) is 3. The van der Waals surface area contributed by atoms with Gasteiger partial charge in [0.25, 0.3) is 0 Å². The maximum absolute atomic E-state index is 10.9. The van der Waals surface area contributed by atoms with Gasteiger partial charge in [-0.2, -0.15) is 0 Å². The predicted molar refractivity (Wildman–Crippen MR) is 76.6 cm³/mol. The topological polar surface area (TPSA) is 119 Å². The van der Waals surface area contributed by atoms with E-state index in [-0.39, 0.29) is 11.5 Å². The van der Waals surface area contributed by atoms with Gasteiger partial charge in [0, 0.05) is 19.2 Å². The van der Waals surface area contributed by atoms with Crippen LogP contribution in [0.3, 0.4) is 0 Å². The van der Waals surface area contributed by atoms with E-state index in [9.17, 15) is 10.1 Å². The third-order valence-electron chi connectivity index (χ3n) is 2.44. The van der Waals surface area contributed by atoms with Gasteiger partial charge in [0.15, 0.2) is 0 Å². The summed E-state index contributed by atoms with van der Waals surface area (Å²) in [6.45, 7) is 2.29. The van der Waals surface area contributed by atoms with Gasteiger partial charge in [0.2, 0.25) is 5.82 Å². The molecular weight excluding hydrogens is 264 g/mol. The van der Waals surface area contributed by atoms with Crippen molar-refractivity contribution in [3.63, 3.8) is 0 Å². The fourth-order valence-corrected chi connectivity index (χ4v) is 1.40. The number of nitro groups is 1. The number of nitrogen functional groups attached to an aromatic ring is 1. The molecule has 1 heterocycles. The molecule has 0 saturated heterocycles. The van der Waals surface area contributed by atoms with Crippen molar-refractivity contribution in [2.24, 2.45) is 5.84 Å². The van der Waals surface area contributed by atoms with Gasteiger partial charge in [0.05, 0.1) is 18.1 Å². The van der Waals surface area contributed by atoms with Crippen molar-refractivity contribution in [1.29, 1.82) is 0 Å². The number of nitrogens with one attached hydrogen (secondary N) is 2. The first-order chi connectivity index (χ1) is 9.54. The quantitative estimate of drug-likeness (QED) is 0.256. The maximum atomic E-state index is 10.9. The highest BCUT2D eigenvalue weighted by atomic mass is 16.6. The molecule has 9 heteroatoms. The fourth-order valence-electron chi connectivity index (χ4n) is 1.40. The monoisotopic (exact) mass is 284 g/mol. The number of likely N-dealkylation sites (N-methyl/N-ethyl adjacent to an activating group) is 1. The number of pyridine rings is 1. The number of aromatic nitrogens is 1. The first-order valence-electron chi connectivity index (χ1n) is 6.13. The van der Waals surface area contributed by atoms with Crippen LogP contribution in [0.1, 0.15) is 0 Å². The molecule has 0 saturated carbocycles. The Hall–Kier alpha value is -1.97. The van der Waals surface area contributed by atoms with Gasteiger partial charge in [-0.3, -0.25) is 10.1 Å². The number of ether oxygens (including phenoxy) is 1. The molecule has 0 bridgehead atoms. The van der Waals surface area contributed by atoms with E-state index in [1.807, 2.05) is 19.0 Å². The molecule has 0 unspecified atom stereocenters. The maximum Gasteiger partial charge on any atom is 0.311 e. The van der Waals surface area contributed by atoms with E-state index in [0.717, 1.165) is 6.54 Å². The molecule has 1 aromatic heterocycles.